The van der Waals surface area contributed by atoms with Gasteiger partial charge < -0.3 is 19.9 Å². The van der Waals surface area contributed by atoms with Crippen molar-refractivity contribution in [2.75, 3.05) is 19.5 Å². The van der Waals surface area contributed by atoms with Crippen molar-refractivity contribution in [1.29, 1.82) is 0 Å². The fourth-order valence-corrected chi connectivity index (χ4v) is 5.91. The van der Waals surface area contributed by atoms with Crippen LogP contribution in [0.1, 0.15) is 57.6 Å². The summed E-state index contributed by atoms with van der Waals surface area (Å²) in [6.07, 6.45) is 8.94. The molecule has 4 rings (SSSR count). The van der Waals surface area contributed by atoms with Crippen LogP contribution in [0, 0.1) is 24.2 Å². The van der Waals surface area contributed by atoms with E-state index in [1.165, 1.54) is 11.6 Å². The van der Waals surface area contributed by atoms with E-state index in [2.05, 4.69) is 26.8 Å². The van der Waals surface area contributed by atoms with Crippen LogP contribution >= 0.6 is 0 Å². The molecule has 0 aromatic heterocycles. The summed E-state index contributed by atoms with van der Waals surface area (Å²) in [6, 6.07) is 3.66. The SMILES string of the molecule is [B]c1c(C)cc(C=CC(=O)OC2CCC3(CO3)C(C3(C)CC3CC=C(C)C)C2OC)cc1N. The Kier molecular flexibility index (Phi) is 6.54. The van der Waals surface area contributed by atoms with Crippen molar-refractivity contribution >= 4 is 31.0 Å². The number of epoxide rings is 1. The highest BCUT2D eigenvalue weighted by molar-refractivity contribution is 6.36. The number of carbonyl (C=O) groups is 1. The van der Waals surface area contributed by atoms with Gasteiger partial charge in [-0.05, 0) is 75.5 Å². The number of ether oxygens (including phenoxy) is 3. The summed E-state index contributed by atoms with van der Waals surface area (Å²) < 4.78 is 18.0. The molecule has 3 aliphatic rings. The van der Waals surface area contributed by atoms with E-state index in [0.29, 0.717) is 17.1 Å². The van der Waals surface area contributed by atoms with E-state index < -0.39 is 0 Å². The number of esters is 1. The highest BCUT2D eigenvalue weighted by Gasteiger charge is 2.70. The smallest absolute Gasteiger partial charge is 0.331 e. The molecule has 2 saturated carbocycles. The van der Waals surface area contributed by atoms with Gasteiger partial charge in [0, 0.05) is 24.8 Å². The molecule has 2 N–H and O–H groups in total. The van der Waals surface area contributed by atoms with Crippen LogP contribution in [0.15, 0.2) is 29.9 Å². The van der Waals surface area contributed by atoms with Gasteiger partial charge in [-0.15, -0.1) is 0 Å². The first kappa shape index (κ1) is 24.1. The number of aryl methyl sites for hydroxylation is 1. The van der Waals surface area contributed by atoms with Crippen LogP contribution in [0.3, 0.4) is 0 Å². The van der Waals surface area contributed by atoms with Crippen LogP contribution in [0.25, 0.3) is 6.08 Å². The Hall–Kier alpha value is -2.05. The van der Waals surface area contributed by atoms with Crippen LogP contribution in [-0.2, 0) is 19.0 Å². The molecule has 5 nitrogen and oxygen atoms in total. The largest absolute Gasteiger partial charge is 0.456 e. The molecule has 6 unspecified atom stereocenters. The Morgan fingerprint density at radius 2 is 2.09 bits per heavy atom. The zero-order chi connectivity index (χ0) is 24.0. The maximum absolute atomic E-state index is 12.7. The molecule has 6 atom stereocenters. The number of hydrogen-bond acceptors (Lipinski definition) is 5. The number of anilines is 1. The summed E-state index contributed by atoms with van der Waals surface area (Å²) in [5.74, 6) is 0.467. The number of benzene rings is 1. The topological polar surface area (TPSA) is 74.1 Å². The van der Waals surface area contributed by atoms with Gasteiger partial charge in [-0.1, -0.05) is 35.7 Å². The lowest BCUT2D eigenvalue weighted by atomic mass is 9.67. The van der Waals surface area contributed by atoms with E-state index in [1.807, 2.05) is 13.0 Å². The normalized spacial score (nSPS) is 34.9. The summed E-state index contributed by atoms with van der Waals surface area (Å²) in [7, 11) is 7.65. The Labute approximate surface area is 199 Å². The third kappa shape index (κ3) is 4.78. The van der Waals surface area contributed by atoms with Gasteiger partial charge in [0.05, 0.1) is 12.2 Å². The predicted molar refractivity (Wildman–Crippen MR) is 132 cm³/mol. The third-order valence-corrected chi connectivity index (χ3v) is 8.00. The molecule has 6 heteroatoms. The quantitative estimate of drug-likeness (QED) is 0.171. The number of rotatable bonds is 7. The number of allylic oxidation sites excluding steroid dienone is 2. The summed E-state index contributed by atoms with van der Waals surface area (Å²) in [5.41, 5.74) is 10.1. The van der Waals surface area contributed by atoms with Crippen LogP contribution in [0.4, 0.5) is 5.69 Å². The number of hydrogen-bond donors (Lipinski definition) is 1. The minimum Gasteiger partial charge on any atom is -0.456 e. The van der Waals surface area contributed by atoms with Crippen LogP contribution in [0.2, 0.25) is 0 Å². The van der Waals surface area contributed by atoms with Crippen molar-refractivity contribution in [3.8, 4) is 0 Å². The van der Waals surface area contributed by atoms with E-state index >= 15 is 0 Å². The van der Waals surface area contributed by atoms with Crippen LogP contribution < -0.4 is 11.2 Å². The van der Waals surface area contributed by atoms with Gasteiger partial charge in [-0.25, -0.2) is 4.79 Å². The summed E-state index contributed by atoms with van der Waals surface area (Å²) in [4.78, 5) is 12.7. The van der Waals surface area contributed by atoms with Crippen molar-refractivity contribution < 1.29 is 19.0 Å². The third-order valence-electron chi connectivity index (χ3n) is 8.00. The lowest BCUT2D eigenvalue weighted by molar-refractivity contribution is -0.167. The minimum atomic E-state index is -0.372. The molecule has 1 spiro atoms. The molecule has 1 saturated heterocycles. The van der Waals surface area contributed by atoms with E-state index in [1.54, 1.807) is 19.3 Å². The van der Waals surface area contributed by atoms with Crippen molar-refractivity contribution in [2.45, 2.75) is 71.2 Å². The standard InChI is InChI=1S/C27H36BNO4/c1-16(2)6-8-19-14-26(19,4)25-24(31-5)21(10-11-27(25)15-32-27)33-22(30)9-7-18-12-17(3)23(28)20(29)13-18/h6-7,9,12-13,19,21,24-25H,8,10-11,14-15,29H2,1-5H3. The van der Waals surface area contributed by atoms with Gasteiger partial charge in [-0.3, -0.25) is 0 Å². The highest BCUT2D eigenvalue weighted by Crippen LogP contribution is 2.68. The Morgan fingerprint density at radius 1 is 1.36 bits per heavy atom. The minimum absolute atomic E-state index is 0.118. The van der Waals surface area contributed by atoms with E-state index in [4.69, 9.17) is 27.8 Å². The molecule has 1 heterocycles. The van der Waals surface area contributed by atoms with Crippen molar-refractivity contribution in [1.82, 2.24) is 0 Å². The second kappa shape index (κ2) is 8.96. The fraction of sp³-hybridized carbons (Fsp3) is 0.593. The number of carbonyl (C=O) groups excluding carboxylic acids is 1. The number of nitrogens with two attached hydrogens (primary N) is 1. The molecule has 0 amide bonds. The van der Waals surface area contributed by atoms with Gasteiger partial charge in [-0.2, -0.15) is 0 Å². The van der Waals surface area contributed by atoms with Gasteiger partial charge in [0.15, 0.2) is 0 Å². The fourth-order valence-electron chi connectivity index (χ4n) is 5.91. The van der Waals surface area contributed by atoms with Crippen LogP contribution in [-0.4, -0.2) is 45.3 Å². The molecule has 3 fully saturated rings. The summed E-state index contributed by atoms with van der Waals surface area (Å²) >= 11 is 0. The average molecular weight is 449 g/mol. The summed E-state index contributed by atoms with van der Waals surface area (Å²) in [5, 5.41) is 0. The first-order valence-corrected chi connectivity index (χ1v) is 11.9. The first-order chi connectivity index (χ1) is 15.6. The van der Waals surface area contributed by atoms with Gasteiger partial charge in [0.1, 0.15) is 20.1 Å². The molecule has 33 heavy (non-hydrogen) atoms. The first-order valence-electron chi connectivity index (χ1n) is 11.9. The second-order valence-corrected chi connectivity index (χ2v) is 10.6. The Bertz CT molecular complexity index is 955. The van der Waals surface area contributed by atoms with Gasteiger partial charge >= 0.3 is 5.97 Å². The molecule has 176 valence electrons. The monoisotopic (exact) mass is 449 g/mol. The van der Waals surface area contributed by atoms with Crippen molar-refractivity contribution in [3.05, 3.63) is 41.0 Å². The highest BCUT2D eigenvalue weighted by atomic mass is 16.6. The zero-order valence-corrected chi connectivity index (χ0v) is 20.5. The number of nitrogen functional groups attached to an aromatic ring is 1. The van der Waals surface area contributed by atoms with Gasteiger partial charge in [0.25, 0.3) is 0 Å². The van der Waals surface area contributed by atoms with E-state index in [-0.39, 0.29) is 35.1 Å². The number of methoxy groups -OCH3 is 1. The maximum Gasteiger partial charge on any atom is 0.331 e. The molecule has 1 aliphatic heterocycles. The zero-order valence-electron chi connectivity index (χ0n) is 20.5. The van der Waals surface area contributed by atoms with Gasteiger partial charge in [0.2, 0.25) is 0 Å². The molecule has 0 bridgehead atoms. The average Bonchev–Trinajstić information content (AvgIpc) is 3.67. The molecule has 2 aliphatic carbocycles. The van der Waals surface area contributed by atoms with Crippen molar-refractivity contribution in [3.63, 3.8) is 0 Å². The predicted octanol–water partition coefficient (Wildman–Crippen LogP) is 3.87. The lowest BCUT2D eigenvalue weighted by Gasteiger charge is -2.44. The molecular formula is C27H36BNO4. The molecule has 2 radical (unpaired) electrons. The maximum atomic E-state index is 12.7. The second-order valence-electron chi connectivity index (χ2n) is 10.6. The lowest BCUT2D eigenvalue weighted by Crippen LogP contribution is -2.53. The Morgan fingerprint density at radius 3 is 2.70 bits per heavy atom. The molecule has 1 aromatic carbocycles. The van der Waals surface area contributed by atoms with Crippen molar-refractivity contribution in [2.24, 2.45) is 17.3 Å². The van der Waals surface area contributed by atoms with Crippen LogP contribution in [0.5, 0.6) is 0 Å². The molecule has 1 aromatic rings. The van der Waals surface area contributed by atoms with E-state index in [0.717, 1.165) is 43.4 Å². The Balaban J connectivity index is 1.46. The summed E-state index contributed by atoms with van der Waals surface area (Å²) in [6.45, 7) is 9.32. The molecular weight excluding hydrogens is 413 g/mol. The van der Waals surface area contributed by atoms with E-state index in [9.17, 15) is 4.79 Å².